The van der Waals surface area contributed by atoms with Crippen LogP contribution in [0.1, 0.15) is 67.5 Å². The molecular formula is C41H40N4O. The first-order chi connectivity index (χ1) is 21.9. The summed E-state index contributed by atoms with van der Waals surface area (Å²) in [6.45, 7) is 16.9. The van der Waals surface area contributed by atoms with Crippen molar-refractivity contribution in [2.24, 2.45) is 20.4 Å². The summed E-state index contributed by atoms with van der Waals surface area (Å²) in [5.74, 6) is 0.246. The van der Waals surface area contributed by atoms with Crippen LogP contribution in [0.5, 0.6) is 0 Å². The maximum Gasteiger partial charge on any atom is 0.0986 e. The van der Waals surface area contributed by atoms with Crippen molar-refractivity contribution in [3.05, 3.63) is 152 Å². The van der Waals surface area contributed by atoms with Gasteiger partial charge >= 0.3 is 0 Å². The van der Waals surface area contributed by atoms with Gasteiger partial charge in [0.25, 0.3) is 0 Å². The highest BCUT2D eigenvalue weighted by Crippen LogP contribution is 2.44. The van der Waals surface area contributed by atoms with Crippen LogP contribution in [-0.4, -0.2) is 22.2 Å². The summed E-state index contributed by atoms with van der Waals surface area (Å²) in [6.07, 6.45) is 13.4. The molecule has 5 aliphatic rings. The molecule has 5 heteroatoms. The van der Waals surface area contributed by atoms with E-state index in [0.29, 0.717) is 0 Å². The molecule has 0 aromatic heterocycles. The van der Waals surface area contributed by atoms with Crippen molar-refractivity contribution >= 4 is 28.3 Å². The molecular weight excluding hydrogens is 564 g/mol. The maximum absolute atomic E-state index is 11.0. The molecule has 0 amide bonds. The van der Waals surface area contributed by atoms with Gasteiger partial charge in [-0.25, -0.2) is 15.0 Å². The molecule has 2 aromatic rings. The number of hydrogen-bond acceptors (Lipinski definition) is 5. The summed E-state index contributed by atoms with van der Waals surface area (Å²) >= 11 is 0. The van der Waals surface area contributed by atoms with E-state index in [1.165, 1.54) is 11.1 Å². The summed E-state index contributed by atoms with van der Waals surface area (Å²) in [4.78, 5) is 15.8. The standard InChI is InChI=1S/C41H40N4O/c1-22-9-11-28(12-10-22)38-31-14-13-29(42-31)19-36-41(7,8)21-35(44-36)26(5)40-30(27(6)46)20-34(45-40)39(33-16-15-32(38)43-33)37-24(3)17-23(2)18-25(37)4/h9-20,44,46H,21H2,1-8H3. The quantitative estimate of drug-likeness (QED) is 0.335. The molecule has 0 aliphatic carbocycles. The second-order valence-corrected chi connectivity index (χ2v) is 13.7. The third-order valence-corrected chi connectivity index (χ3v) is 9.49. The van der Waals surface area contributed by atoms with Gasteiger partial charge in [-0.1, -0.05) is 61.4 Å². The molecule has 7 rings (SSSR count). The van der Waals surface area contributed by atoms with Crippen LogP contribution in [0.4, 0.5) is 0 Å². The van der Waals surface area contributed by atoms with Crippen molar-refractivity contribution in [1.82, 2.24) is 5.32 Å². The van der Waals surface area contributed by atoms with Crippen molar-refractivity contribution < 1.29 is 5.11 Å². The van der Waals surface area contributed by atoms with Crippen molar-refractivity contribution in [2.75, 3.05) is 0 Å². The molecule has 8 bridgehead atoms. The van der Waals surface area contributed by atoms with Gasteiger partial charge in [-0.2, -0.15) is 0 Å². The smallest absolute Gasteiger partial charge is 0.0986 e. The number of aliphatic hydroxyl groups excluding tert-OH is 1. The zero-order valence-corrected chi connectivity index (χ0v) is 27.9. The minimum atomic E-state index is -0.129. The van der Waals surface area contributed by atoms with Gasteiger partial charge in [-0.3, -0.25) is 0 Å². The zero-order chi connectivity index (χ0) is 32.5. The summed E-state index contributed by atoms with van der Waals surface area (Å²) in [5, 5.41) is 14.7. The first-order valence-electron chi connectivity index (χ1n) is 16.0. The Morgan fingerprint density at radius 2 is 1.46 bits per heavy atom. The van der Waals surface area contributed by atoms with Gasteiger partial charge in [0.1, 0.15) is 0 Å². The van der Waals surface area contributed by atoms with Gasteiger partial charge in [0.2, 0.25) is 0 Å². The highest BCUT2D eigenvalue weighted by molar-refractivity contribution is 6.32. The van der Waals surface area contributed by atoms with Crippen molar-refractivity contribution in [2.45, 2.75) is 61.8 Å². The lowest BCUT2D eigenvalue weighted by Crippen LogP contribution is -2.15. The molecule has 0 atom stereocenters. The predicted molar refractivity (Wildman–Crippen MR) is 192 cm³/mol. The Morgan fingerprint density at radius 3 is 2.15 bits per heavy atom. The topological polar surface area (TPSA) is 69.3 Å². The van der Waals surface area contributed by atoms with E-state index < -0.39 is 0 Å². The highest BCUT2D eigenvalue weighted by atomic mass is 16.3. The second kappa shape index (κ2) is 10.8. The molecule has 2 N–H and O–H groups in total. The van der Waals surface area contributed by atoms with Crippen molar-refractivity contribution in [1.29, 1.82) is 0 Å². The van der Waals surface area contributed by atoms with E-state index in [-0.39, 0.29) is 11.2 Å². The number of nitrogens with zero attached hydrogens (tertiary/aromatic N) is 3. The van der Waals surface area contributed by atoms with E-state index in [4.69, 9.17) is 15.0 Å². The number of rotatable bonds is 2. The number of nitrogens with one attached hydrogen (secondary N) is 1. The van der Waals surface area contributed by atoms with Crippen molar-refractivity contribution in [3.8, 4) is 0 Å². The molecule has 1 saturated heterocycles. The first kappa shape index (κ1) is 29.7. The molecule has 2 aromatic carbocycles. The van der Waals surface area contributed by atoms with Gasteiger partial charge in [0.15, 0.2) is 0 Å². The van der Waals surface area contributed by atoms with Crippen LogP contribution in [0.3, 0.4) is 0 Å². The minimum Gasteiger partial charge on any atom is -0.512 e. The number of aliphatic hydroxyl groups is 1. The van der Waals surface area contributed by atoms with E-state index in [1.54, 1.807) is 6.92 Å². The molecule has 0 unspecified atom stereocenters. The molecule has 5 nitrogen and oxygen atoms in total. The Kier molecular flexibility index (Phi) is 6.97. The summed E-state index contributed by atoms with van der Waals surface area (Å²) < 4.78 is 0. The SMILES string of the molecule is CC(O)=C1C=C2N=C1C(C)=C1CC(C)(C)C(=CC3=NC(=C(c4ccc(C)cc4)C4=NC(=C2c2c(C)cc(C)cc2C)C=C4)C=C3)N1. The molecule has 46 heavy (non-hydrogen) atoms. The largest absolute Gasteiger partial charge is 0.512 e. The Morgan fingerprint density at radius 1 is 0.783 bits per heavy atom. The molecule has 1 fully saturated rings. The molecule has 5 aliphatic heterocycles. The van der Waals surface area contributed by atoms with Crippen LogP contribution in [0.2, 0.25) is 0 Å². The normalized spacial score (nSPS) is 21.0. The number of aryl methyl sites for hydroxylation is 4. The Balaban J connectivity index is 1.58. The number of allylic oxidation sites excluding steroid dienone is 13. The Hall–Kier alpha value is -5.03. The lowest BCUT2D eigenvalue weighted by molar-refractivity contribution is 0.412. The Bertz CT molecular complexity index is 2070. The Labute approximate surface area is 272 Å². The lowest BCUT2D eigenvalue weighted by Gasteiger charge is -2.17. The van der Waals surface area contributed by atoms with E-state index in [0.717, 1.165) is 96.6 Å². The molecule has 5 heterocycles. The van der Waals surface area contributed by atoms with Gasteiger partial charge in [0, 0.05) is 33.5 Å². The van der Waals surface area contributed by atoms with Crippen LogP contribution < -0.4 is 5.32 Å². The van der Waals surface area contributed by atoms with Crippen LogP contribution in [-0.2, 0) is 0 Å². The molecule has 230 valence electrons. The second-order valence-electron chi connectivity index (χ2n) is 13.7. The fourth-order valence-electron chi connectivity index (χ4n) is 7.12. The van der Waals surface area contributed by atoms with Gasteiger partial charge in [-0.15, -0.1) is 0 Å². The van der Waals surface area contributed by atoms with E-state index in [2.05, 4.69) is 121 Å². The molecule has 0 spiro atoms. The first-order valence-corrected chi connectivity index (χ1v) is 16.0. The fourth-order valence-corrected chi connectivity index (χ4v) is 7.12. The molecule has 0 saturated carbocycles. The van der Waals surface area contributed by atoms with Crippen LogP contribution in [0, 0.1) is 33.1 Å². The third kappa shape index (κ3) is 5.00. The van der Waals surface area contributed by atoms with Gasteiger partial charge in [-0.05, 0) is 112 Å². The summed E-state index contributed by atoms with van der Waals surface area (Å²) in [5.41, 5.74) is 17.8. The van der Waals surface area contributed by atoms with Crippen molar-refractivity contribution in [3.63, 3.8) is 0 Å². The van der Waals surface area contributed by atoms with E-state index >= 15 is 0 Å². The van der Waals surface area contributed by atoms with E-state index in [9.17, 15) is 5.11 Å². The number of hydrogen-bond donors (Lipinski definition) is 2. The lowest BCUT2D eigenvalue weighted by atomic mass is 9.86. The third-order valence-electron chi connectivity index (χ3n) is 9.49. The average molecular weight is 605 g/mol. The number of benzene rings is 2. The zero-order valence-electron chi connectivity index (χ0n) is 27.9. The van der Waals surface area contributed by atoms with E-state index in [1.807, 2.05) is 6.08 Å². The minimum absolute atomic E-state index is 0.129. The number of fused-ring (bicyclic) bond motifs is 5. The molecule has 0 radical (unpaired) electrons. The summed E-state index contributed by atoms with van der Waals surface area (Å²) in [7, 11) is 0. The average Bonchev–Trinajstić information content (AvgIpc) is 3.79. The van der Waals surface area contributed by atoms with Crippen LogP contribution in [0.15, 0.2) is 133 Å². The van der Waals surface area contributed by atoms with Gasteiger partial charge < -0.3 is 10.4 Å². The van der Waals surface area contributed by atoms with Gasteiger partial charge in [0.05, 0.1) is 40.0 Å². The van der Waals surface area contributed by atoms with Crippen LogP contribution in [0.25, 0.3) is 11.1 Å². The number of aliphatic imine (C=N–C) groups is 3. The monoisotopic (exact) mass is 604 g/mol. The fraction of sp³-hybridized carbons (Fsp3) is 0.244. The summed E-state index contributed by atoms with van der Waals surface area (Å²) in [6, 6.07) is 13.0. The van der Waals surface area contributed by atoms with Crippen LogP contribution >= 0.6 is 0 Å². The predicted octanol–water partition coefficient (Wildman–Crippen LogP) is 9.43. The maximum atomic E-state index is 11.0. The highest BCUT2D eigenvalue weighted by Gasteiger charge is 2.36.